The van der Waals surface area contributed by atoms with Crippen LogP contribution in [0, 0.1) is 0 Å². The number of nitrogens with two attached hydrogens (primary N) is 1. The van der Waals surface area contributed by atoms with E-state index in [0.717, 1.165) is 5.69 Å². The van der Waals surface area contributed by atoms with E-state index >= 15 is 0 Å². The number of aromatic nitrogens is 2. The Bertz CT molecular complexity index is 511. The van der Waals surface area contributed by atoms with Crippen LogP contribution in [0.3, 0.4) is 0 Å². The van der Waals surface area contributed by atoms with E-state index in [9.17, 15) is 0 Å². The van der Waals surface area contributed by atoms with Crippen molar-refractivity contribution in [2.45, 2.75) is 37.4 Å². The van der Waals surface area contributed by atoms with E-state index in [-0.39, 0.29) is 0 Å². The number of aliphatic imine (C=N–C) groups is 1. The highest BCUT2D eigenvalue weighted by Gasteiger charge is 2.31. The van der Waals surface area contributed by atoms with Crippen LogP contribution in [0.1, 0.15) is 37.4 Å². The molecule has 0 saturated heterocycles. The minimum Gasteiger partial charge on any atom is -0.334 e. The number of imidazole rings is 1. The summed E-state index contributed by atoms with van der Waals surface area (Å²) in [6, 6.07) is 0.579. The van der Waals surface area contributed by atoms with Crippen LogP contribution in [-0.2, 0) is 5.66 Å². The molecule has 1 unspecified atom stereocenters. The van der Waals surface area contributed by atoms with Crippen LogP contribution in [-0.4, -0.2) is 22.6 Å². The van der Waals surface area contributed by atoms with Crippen molar-refractivity contribution in [2.75, 3.05) is 7.05 Å². The fraction of sp³-hybridized carbons (Fsp3) is 0.538. The molecule has 2 heterocycles. The number of rotatable bonds is 2. The molecule has 6 heteroatoms. The molecule has 1 fully saturated rings. The molecule has 4 N–H and O–H groups in total. The zero-order valence-corrected chi connectivity index (χ0v) is 11.1. The molecule has 6 nitrogen and oxygen atoms in total. The van der Waals surface area contributed by atoms with Gasteiger partial charge in [-0.3, -0.25) is 4.99 Å². The average Bonchev–Trinajstić information content (AvgIpc) is 3.09. The fourth-order valence-corrected chi connectivity index (χ4v) is 2.75. The SMILES string of the molecule is CN=C1NC=CC(N)(c2cn(C3CCCC3)cn2)N1. The molecule has 1 atom stereocenters. The van der Waals surface area contributed by atoms with E-state index < -0.39 is 5.66 Å². The molecule has 2 aliphatic rings. The van der Waals surface area contributed by atoms with Crippen molar-refractivity contribution in [2.24, 2.45) is 10.7 Å². The third kappa shape index (κ3) is 2.23. The summed E-state index contributed by atoms with van der Waals surface area (Å²) in [5, 5.41) is 6.15. The first kappa shape index (κ1) is 12.2. The normalized spacial score (nSPS) is 29.5. The van der Waals surface area contributed by atoms with Crippen molar-refractivity contribution in [3.05, 3.63) is 30.5 Å². The molecule has 0 amide bonds. The van der Waals surface area contributed by atoms with Crippen LogP contribution in [0.5, 0.6) is 0 Å². The van der Waals surface area contributed by atoms with E-state index in [4.69, 9.17) is 5.73 Å². The maximum Gasteiger partial charge on any atom is 0.197 e. The second kappa shape index (κ2) is 4.70. The molecule has 102 valence electrons. The largest absolute Gasteiger partial charge is 0.334 e. The Labute approximate surface area is 112 Å². The monoisotopic (exact) mass is 260 g/mol. The second-order valence-electron chi connectivity index (χ2n) is 5.19. The van der Waals surface area contributed by atoms with Gasteiger partial charge >= 0.3 is 0 Å². The van der Waals surface area contributed by atoms with Crippen LogP contribution < -0.4 is 16.4 Å². The van der Waals surface area contributed by atoms with Gasteiger partial charge in [0.1, 0.15) is 5.69 Å². The van der Waals surface area contributed by atoms with E-state index in [0.29, 0.717) is 12.0 Å². The number of nitrogens with one attached hydrogen (secondary N) is 2. The predicted octanol–water partition coefficient (Wildman–Crippen LogP) is 0.802. The second-order valence-corrected chi connectivity index (χ2v) is 5.19. The lowest BCUT2D eigenvalue weighted by Crippen LogP contribution is -2.57. The van der Waals surface area contributed by atoms with Crippen molar-refractivity contribution >= 4 is 5.96 Å². The lowest BCUT2D eigenvalue weighted by Gasteiger charge is -2.30. The maximum absolute atomic E-state index is 6.36. The van der Waals surface area contributed by atoms with E-state index in [1.165, 1.54) is 25.7 Å². The van der Waals surface area contributed by atoms with Crippen LogP contribution in [0.25, 0.3) is 0 Å². The summed E-state index contributed by atoms with van der Waals surface area (Å²) in [6.45, 7) is 0. The van der Waals surface area contributed by atoms with Crippen LogP contribution in [0.4, 0.5) is 0 Å². The summed E-state index contributed by atoms with van der Waals surface area (Å²) < 4.78 is 2.19. The third-order valence-electron chi connectivity index (χ3n) is 3.89. The molecule has 1 aromatic rings. The molecule has 0 aromatic carbocycles. The molecule has 3 rings (SSSR count). The smallest absolute Gasteiger partial charge is 0.197 e. The quantitative estimate of drug-likeness (QED) is 0.735. The first-order valence-corrected chi connectivity index (χ1v) is 6.73. The third-order valence-corrected chi connectivity index (χ3v) is 3.89. The van der Waals surface area contributed by atoms with Crippen molar-refractivity contribution < 1.29 is 0 Å². The minimum atomic E-state index is -0.788. The summed E-state index contributed by atoms with van der Waals surface area (Å²) in [5.41, 5.74) is 6.39. The van der Waals surface area contributed by atoms with Gasteiger partial charge in [0.15, 0.2) is 11.6 Å². The zero-order valence-electron chi connectivity index (χ0n) is 11.1. The molecular formula is C13H20N6. The topological polar surface area (TPSA) is 80.3 Å². The Morgan fingerprint density at radius 2 is 2.26 bits per heavy atom. The van der Waals surface area contributed by atoms with Gasteiger partial charge in [-0.15, -0.1) is 0 Å². The molecule has 1 aliphatic heterocycles. The fourth-order valence-electron chi connectivity index (χ4n) is 2.75. The van der Waals surface area contributed by atoms with Gasteiger partial charge < -0.3 is 20.9 Å². The average molecular weight is 260 g/mol. The van der Waals surface area contributed by atoms with E-state index in [1.54, 1.807) is 13.2 Å². The number of guanidine groups is 1. The van der Waals surface area contributed by atoms with Gasteiger partial charge in [-0.05, 0) is 18.9 Å². The maximum atomic E-state index is 6.36. The Hall–Kier alpha value is -1.82. The van der Waals surface area contributed by atoms with Gasteiger partial charge in [-0.25, -0.2) is 4.98 Å². The summed E-state index contributed by atoms with van der Waals surface area (Å²) in [5.74, 6) is 0.653. The highest BCUT2D eigenvalue weighted by Crippen LogP contribution is 2.30. The minimum absolute atomic E-state index is 0.579. The van der Waals surface area contributed by atoms with Gasteiger partial charge in [-0.1, -0.05) is 12.8 Å². The summed E-state index contributed by atoms with van der Waals surface area (Å²) >= 11 is 0. The Morgan fingerprint density at radius 3 is 3.00 bits per heavy atom. The summed E-state index contributed by atoms with van der Waals surface area (Å²) in [6.07, 6.45) is 12.7. The molecule has 1 saturated carbocycles. The molecule has 1 aromatic heterocycles. The standard InChI is InChI=1S/C13H20N6/c1-15-12-16-7-6-13(14,18-12)11-8-19(9-17-11)10-4-2-3-5-10/h6-10H,2-5,14H2,1H3,(H2,15,16,18). The van der Waals surface area contributed by atoms with Gasteiger partial charge in [0.2, 0.25) is 0 Å². The first-order valence-electron chi connectivity index (χ1n) is 6.73. The van der Waals surface area contributed by atoms with Crippen molar-refractivity contribution in [3.8, 4) is 0 Å². The highest BCUT2D eigenvalue weighted by atomic mass is 15.3. The summed E-state index contributed by atoms with van der Waals surface area (Å²) in [4.78, 5) is 8.55. The zero-order chi connectivity index (χ0) is 13.3. The van der Waals surface area contributed by atoms with Crippen LogP contribution in [0.15, 0.2) is 29.8 Å². The van der Waals surface area contributed by atoms with Crippen molar-refractivity contribution in [1.29, 1.82) is 0 Å². The highest BCUT2D eigenvalue weighted by molar-refractivity contribution is 5.82. The van der Waals surface area contributed by atoms with Crippen molar-refractivity contribution in [1.82, 2.24) is 20.2 Å². The molecule has 0 spiro atoms. The summed E-state index contributed by atoms with van der Waals surface area (Å²) in [7, 11) is 1.71. The van der Waals surface area contributed by atoms with Gasteiger partial charge in [0, 0.05) is 25.5 Å². The van der Waals surface area contributed by atoms with Gasteiger partial charge in [0.05, 0.1) is 6.33 Å². The first-order chi connectivity index (χ1) is 9.21. The lowest BCUT2D eigenvalue weighted by molar-refractivity contribution is 0.482. The molecule has 1 aliphatic carbocycles. The number of hydrogen-bond acceptors (Lipinski definition) is 3. The van der Waals surface area contributed by atoms with Gasteiger partial charge in [0.25, 0.3) is 0 Å². The Morgan fingerprint density at radius 1 is 1.47 bits per heavy atom. The number of hydrogen-bond donors (Lipinski definition) is 3. The van der Waals surface area contributed by atoms with Gasteiger partial charge in [-0.2, -0.15) is 0 Å². The van der Waals surface area contributed by atoms with E-state index in [2.05, 4.69) is 25.2 Å². The molecule has 0 bridgehead atoms. The van der Waals surface area contributed by atoms with Crippen LogP contribution in [0.2, 0.25) is 0 Å². The Kier molecular flexibility index (Phi) is 3.02. The number of nitrogens with zero attached hydrogens (tertiary/aromatic N) is 3. The molecule has 19 heavy (non-hydrogen) atoms. The predicted molar refractivity (Wildman–Crippen MR) is 74.4 cm³/mol. The lowest BCUT2D eigenvalue weighted by atomic mass is 10.1. The molecular weight excluding hydrogens is 240 g/mol. The molecule has 0 radical (unpaired) electrons. The van der Waals surface area contributed by atoms with Crippen molar-refractivity contribution in [3.63, 3.8) is 0 Å². The van der Waals surface area contributed by atoms with E-state index in [1.807, 2.05) is 18.6 Å². The Balaban J connectivity index is 1.85. The van der Waals surface area contributed by atoms with Crippen LogP contribution >= 0.6 is 0 Å².